The Morgan fingerprint density at radius 3 is 3.15 bits per heavy atom. The molecule has 0 saturated carbocycles. The maximum Gasteiger partial charge on any atom is 0.263 e. The van der Waals surface area contributed by atoms with E-state index in [0.29, 0.717) is 23.6 Å². The van der Waals surface area contributed by atoms with E-state index < -0.39 is 0 Å². The number of hydrogen-bond donors (Lipinski definition) is 1. The molecule has 0 unspecified atom stereocenters. The van der Waals surface area contributed by atoms with Crippen LogP contribution in [-0.4, -0.2) is 40.5 Å². The zero-order chi connectivity index (χ0) is 18.5. The van der Waals surface area contributed by atoms with Crippen molar-refractivity contribution in [2.45, 2.75) is 44.0 Å². The van der Waals surface area contributed by atoms with Crippen LogP contribution >= 0.6 is 23.1 Å². The highest BCUT2D eigenvalue weighted by Crippen LogP contribution is 2.25. The summed E-state index contributed by atoms with van der Waals surface area (Å²) in [5.41, 5.74) is -0.0758. The minimum absolute atomic E-state index is 0.0758. The van der Waals surface area contributed by atoms with Gasteiger partial charge in [-0.25, -0.2) is 4.98 Å². The third-order valence-corrected chi connectivity index (χ3v) is 6.36. The highest BCUT2D eigenvalue weighted by Gasteiger charge is 2.17. The second-order valence-corrected chi connectivity index (χ2v) is 8.17. The average molecular weight is 394 g/mol. The molecule has 1 atom stereocenters. The summed E-state index contributed by atoms with van der Waals surface area (Å²) in [6.45, 7) is 7.46. The average Bonchev–Trinajstić information content (AvgIpc) is 3.30. The molecular formula is C18H23N3O3S2. The van der Waals surface area contributed by atoms with Crippen molar-refractivity contribution in [1.29, 1.82) is 0 Å². The Morgan fingerprint density at radius 1 is 1.62 bits per heavy atom. The van der Waals surface area contributed by atoms with Crippen LogP contribution in [0.2, 0.25) is 0 Å². The predicted octanol–water partition coefficient (Wildman–Crippen LogP) is 2.59. The molecule has 1 saturated heterocycles. The Morgan fingerprint density at radius 2 is 2.46 bits per heavy atom. The number of aryl methyl sites for hydroxylation is 1. The quantitative estimate of drug-likeness (QED) is 0.424. The fourth-order valence-electron chi connectivity index (χ4n) is 2.84. The van der Waals surface area contributed by atoms with Crippen LogP contribution in [0.3, 0.4) is 0 Å². The second-order valence-electron chi connectivity index (χ2n) is 6.11. The fourth-order valence-corrected chi connectivity index (χ4v) is 4.68. The molecule has 6 nitrogen and oxygen atoms in total. The number of ether oxygens (including phenoxy) is 1. The SMILES string of the molecule is C=CCn1c(SCC(=O)NC[C@@H]2CCCO2)nc2sc(CC)cc2c1=O. The molecule has 26 heavy (non-hydrogen) atoms. The molecule has 1 aliphatic heterocycles. The molecule has 0 aromatic carbocycles. The summed E-state index contributed by atoms with van der Waals surface area (Å²) in [5.74, 6) is 0.138. The van der Waals surface area contributed by atoms with E-state index in [1.807, 2.05) is 6.07 Å². The maximum absolute atomic E-state index is 12.8. The van der Waals surface area contributed by atoms with Crippen LogP contribution in [0.1, 0.15) is 24.6 Å². The van der Waals surface area contributed by atoms with Crippen molar-refractivity contribution in [2.24, 2.45) is 0 Å². The van der Waals surface area contributed by atoms with Crippen molar-refractivity contribution in [3.63, 3.8) is 0 Å². The van der Waals surface area contributed by atoms with E-state index in [9.17, 15) is 9.59 Å². The number of aromatic nitrogens is 2. The zero-order valence-electron chi connectivity index (χ0n) is 14.8. The van der Waals surface area contributed by atoms with Crippen LogP contribution < -0.4 is 10.9 Å². The van der Waals surface area contributed by atoms with Crippen LogP contribution in [0.4, 0.5) is 0 Å². The minimum Gasteiger partial charge on any atom is -0.376 e. The van der Waals surface area contributed by atoms with E-state index in [0.717, 1.165) is 35.6 Å². The van der Waals surface area contributed by atoms with Crippen molar-refractivity contribution in [3.8, 4) is 0 Å². The normalized spacial score (nSPS) is 16.9. The first-order valence-corrected chi connectivity index (χ1v) is 10.6. The molecule has 3 heterocycles. The van der Waals surface area contributed by atoms with Gasteiger partial charge in [-0.3, -0.25) is 14.2 Å². The predicted molar refractivity (Wildman–Crippen MR) is 106 cm³/mol. The lowest BCUT2D eigenvalue weighted by molar-refractivity contribution is -0.119. The van der Waals surface area contributed by atoms with E-state index in [4.69, 9.17) is 4.74 Å². The lowest BCUT2D eigenvalue weighted by Crippen LogP contribution is -2.33. The van der Waals surface area contributed by atoms with E-state index in [2.05, 4.69) is 23.8 Å². The number of nitrogens with zero attached hydrogens (tertiary/aromatic N) is 2. The number of rotatable bonds is 8. The molecule has 1 N–H and O–H groups in total. The van der Waals surface area contributed by atoms with Gasteiger partial charge in [0.15, 0.2) is 5.16 Å². The third-order valence-electron chi connectivity index (χ3n) is 4.21. The number of amides is 1. The summed E-state index contributed by atoms with van der Waals surface area (Å²) in [4.78, 5) is 31.4. The highest BCUT2D eigenvalue weighted by molar-refractivity contribution is 7.99. The molecule has 1 aliphatic rings. The van der Waals surface area contributed by atoms with Gasteiger partial charge < -0.3 is 10.1 Å². The van der Waals surface area contributed by atoms with E-state index >= 15 is 0 Å². The number of carbonyl (C=O) groups excluding carboxylic acids is 1. The minimum atomic E-state index is -0.0783. The number of hydrogen-bond acceptors (Lipinski definition) is 6. The van der Waals surface area contributed by atoms with Crippen molar-refractivity contribution < 1.29 is 9.53 Å². The van der Waals surface area contributed by atoms with Crippen molar-refractivity contribution in [1.82, 2.24) is 14.9 Å². The molecule has 3 rings (SSSR count). The molecule has 0 aliphatic carbocycles. The third kappa shape index (κ3) is 4.36. The Hall–Kier alpha value is -1.64. The smallest absolute Gasteiger partial charge is 0.263 e. The van der Waals surface area contributed by atoms with Crippen molar-refractivity contribution in [3.05, 3.63) is 34.0 Å². The van der Waals surface area contributed by atoms with Gasteiger partial charge in [-0.2, -0.15) is 0 Å². The summed E-state index contributed by atoms with van der Waals surface area (Å²) in [5, 5.41) is 4.09. The van der Waals surface area contributed by atoms with Gasteiger partial charge in [0.25, 0.3) is 5.56 Å². The molecule has 0 spiro atoms. The standard InChI is InChI=1S/C18H23N3O3S2/c1-3-7-21-17(23)14-9-13(4-2)26-16(14)20-18(21)25-11-15(22)19-10-12-6-5-8-24-12/h3,9,12H,1,4-8,10-11H2,2H3,(H,19,22)/t12-/m0/s1. The van der Waals surface area contributed by atoms with Gasteiger partial charge in [-0.1, -0.05) is 24.8 Å². The van der Waals surface area contributed by atoms with Crippen LogP contribution in [0.5, 0.6) is 0 Å². The fraction of sp³-hybridized carbons (Fsp3) is 0.500. The Kier molecular flexibility index (Phi) is 6.50. The topological polar surface area (TPSA) is 73.2 Å². The zero-order valence-corrected chi connectivity index (χ0v) is 16.5. The van der Waals surface area contributed by atoms with Gasteiger partial charge in [-0.05, 0) is 25.3 Å². The molecular weight excluding hydrogens is 370 g/mol. The number of carbonyl (C=O) groups is 1. The molecule has 1 amide bonds. The Bertz CT molecular complexity index is 853. The van der Waals surface area contributed by atoms with Crippen LogP contribution in [0.15, 0.2) is 28.7 Å². The van der Waals surface area contributed by atoms with E-state index in [-0.39, 0.29) is 23.3 Å². The Labute approximate surface area is 160 Å². The van der Waals surface area contributed by atoms with Gasteiger partial charge in [0.05, 0.1) is 17.2 Å². The lowest BCUT2D eigenvalue weighted by atomic mass is 10.2. The van der Waals surface area contributed by atoms with Crippen LogP contribution in [0.25, 0.3) is 10.2 Å². The van der Waals surface area contributed by atoms with Gasteiger partial charge in [0.1, 0.15) is 4.83 Å². The second kappa shape index (κ2) is 8.83. The highest BCUT2D eigenvalue weighted by atomic mass is 32.2. The first-order valence-electron chi connectivity index (χ1n) is 8.77. The molecule has 8 heteroatoms. The van der Waals surface area contributed by atoms with Crippen molar-refractivity contribution in [2.75, 3.05) is 18.9 Å². The first-order chi connectivity index (χ1) is 12.6. The molecule has 1 fully saturated rings. The number of thioether (sulfide) groups is 1. The summed E-state index contributed by atoms with van der Waals surface area (Å²) < 4.78 is 7.09. The van der Waals surface area contributed by atoms with Gasteiger partial charge in [-0.15, -0.1) is 17.9 Å². The number of allylic oxidation sites excluding steroid dienone is 1. The van der Waals surface area contributed by atoms with Crippen LogP contribution in [-0.2, 0) is 22.5 Å². The number of nitrogens with one attached hydrogen (secondary N) is 1. The molecule has 2 aromatic rings. The van der Waals surface area contributed by atoms with Gasteiger partial charge >= 0.3 is 0 Å². The summed E-state index contributed by atoms with van der Waals surface area (Å²) in [6.07, 6.45) is 4.70. The Balaban J connectivity index is 1.72. The van der Waals surface area contributed by atoms with Crippen LogP contribution in [0, 0.1) is 0 Å². The van der Waals surface area contributed by atoms with E-state index in [1.54, 1.807) is 10.6 Å². The molecule has 140 valence electrons. The largest absolute Gasteiger partial charge is 0.376 e. The monoisotopic (exact) mass is 393 g/mol. The molecule has 0 radical (unpaired) electrons. The summed E-state index contributed by atoms with van der Waals surface area (Å²) in [7, 11) is 0. The number of fused-ring (bicyclic) bond motifs is 1. The first kappa shape index (κ1) is 19.1. The number of thiophene rings is 1. The molecule has 2 aromatic heterocycles. The van der Waals surface area contributed by atoms with Crippen molar-refractivity contribution >= 4 is 39.2 Å². The summed E-state index contributed by atoms with van der Waals surface area (Å²) in [6, 6.07) is 1.91. The lowest BCUT2D eigenvalue weighted by Gasteiger charge is -2.12. The molecule has 0 bridgehead atoms. The van der Waals surface area contributed by atoms with Gasteiger partial charge in [0.2, 0.25) is 5.91 Å². The summed E-state index contributed by atoms with van der Waals surface area (Å²) >= 11 is 2.81. The van der Waals surface area contributed by atoms with Gasteiger partial charge in [0, 0.05) is 24.6 Å². The maximum atomic E-state index is 12.8. The van der Waals surface area contributed by atoms with E-state index in [1.165, 1.54) is 23.1 Å².